The molecule has 17 heavy (non-hydrogen) atoms. The minimum atomic E-state index is 0.363. The van der Waals surface area contributed by atoms with Gasteiger partial charge in [-0.15, -0.1) is 0 Å². The fraction of sp³-hybridized carbons (Fsp3) is 0.538. The van der Waals surface area contributed by atoms with Crippen LogP contribution in [0.25, 0.3) is 0 Å². The van der Waals surface area contributed by atoms with Crippen molar-refractivity contribution in [1.29, 1.82) is 0 Å². The Morgan fingerprint density at radius 3 is 2.71 bits per heavy atom. The number of benzene rings is 1. The molecule has 0 radical (unpaired) electrons. The Labute approximate surface area is 112 Å². The van der Waals surface area contributed by atoms with Gasteiger partial charge in [-0.3, -0.25) is 0 Å². The molecular formula is C13H21BrN2O. The highest BCUT2D eigenvalue weighted by Crippen LogP contribution is 2.24. The molecule has 0 saturated carbocycles. The van der Waals surface area contributed by atoms with E-state index in [-0.39, 0.29) is 0 Å². The topological polar surface area (TPSA) is 24.5 Å². The van der Waals surface area contributed by atoms with Crippen LogP contribution in [0.4, 0.5) is 5.69 Å². The van der Waals surface area contributed by atoms with Crippen molar-refractivity contribution in [3.05, 3.63) is 28.2 Å². The zero-order chi connectivity index (χ0) is 12.8. The molecule has 3 nitrogen and oxygen atoms in total. The van der Waals surface area contributed by atoms with Crippen molar-refractivity contribution in [1.82, 2.24) is 5.32 Å². The lowest BCUT2D eigenvalue weighted by atomic mass is 10.2. The van der Waals surface area contributed by atoms with Gasteiger partial charge in [0.15, 0.2) is 0 Å². The van der Waals surface area contributed by atoms with Crippen LogP contribution in [-0.2, 0) is 11.3 Å². The molecule has 1 N–H and O–H groups in total. The van der Waals surface area contributed by atoms with Gasteiger partial charge in [0.05, 0.1) is 6.61 Å². The predicted octanol–water partition coefficient (Wildman–Crippen LogP) is 2.64. The SMILES string of the molecule is CNCc1ccc(N(C)C(C)COC)cc1Br. The van der Waals surface area contributed by atoms with E-state index in [4.69, 9.17) is 4.74 Å². The highest BCUT2D eigenvalue weighted by molar-refractivity contribution is 9.10. The van der Waals surface area contributed by atoms with E-state index in [9.17, 15) is 0 Å². The summed E-state index contributed by atoms with van der Waals surface area (Å²) < 4.78 is 6.32. The van der Waals surface area contributed by atoms with Crippen LogP contribution in [0.5, 0.6) is 0 Å². The van der Waals surface area contributed by atoms with Gasteiger partial charge in [-0.05, 0) is 31.7 Å². The Kier molecular flexibility index (Phi) is 5.95. The second-order valence-corrected chi connectivity index (χ2v) is 5.08. The summed E-state index contributed by atoms with van der Waals surface area (Å²) >= 11 is 3.61. The van der Waals surface area contributed by atoms with E-state index in [1.165, 1.54) is 11.3 Å². The molecule has 1 rings (SSSR count). The van der Waals surface area contributed by atoms with E-state index in [2.05, 4.69) is 58.3 Å². The Bertz CT molecular complexity index is 357. The van der Waals surface area contributed by atoms with Crippen molar-refractivity contribution in [3.63, 3.8) is 0 Å². The minimum absolute atomic E-state index is 0.363. The third-order valence-corrected chi connectivity index (χ3v) is 3.62. The lowest BCUT2D eigenvalue weighted by Gasteiger charge is -2.27. The highest BCUT2D eigenvalue weighted by Gasteiger charge is 2.10. The first-order chi connectivity index (χ1) is 8.10. The number of halogens is 1. The third kappa shape index (κ3) is 3.98. The summed E-state index contributed by atoms with van der Waals surface area (Å²) in [6.07, 6.45) is 0. The summed E-state index contributed by atoms with van der Waals surface area (Å²) in [6, 6.07) is 6.80. The Morgan fingerprint density at radius 1 is 1.47 bits per heavy atom. The summed E-state index contributed by atoms with van der Waals surface area (Å²) in [6.45, 7) is 3.75. The molecule has 0 saturated heterocycles. The van der Waals surface area contributed by atoms with Gasteiger partial charge >= 0.3 is 0 Å². The lowest BCUT2D eigenvalue weighted by molar-refractivity contribution is 0.183. The van der Waals surface area contributed by atoms with Crippen molar-refractivity contribution < 1.29 is 4.74 Å². The molecule has 0 spiro atoms. The predicted molar refractivity (Wildman–Crippen MR) is 76.6 cm³/mol. The standard InChI is InChI=1S/C13H21BrN2O/c1-10(9-17-4)16(3)12-6-5-11(8-15-2)13(14)7-12/h5-7,10,15H,8-9H2,1-4H3. The van der Waals surface area contributed by atoms with Crippen LogP contribution < -0.4 is 10.2 Å². The summed E-state index contributed by atoms with van der Waals surface area (Å²) in [4.78, 5) is 2.22. The van der Waals surface area contributed by atoms with E-state index in [0.29, 0.717) is 6.04 Å². The molecular weight excluding hydrogens is 280 g/mol. The number of hydrogen-bond acceptors (Lipinski definition) is 3. The second kappa shape index (κ2) is 6.99. The summed E-state index contributed by atoms with van der Waals surface area (Å²) in [5.74, 6) is 0. The molecule has 0 amide bonds. The summed E-state index contributed by atoms with van der Waals surface area (Å²) in [5, 5.41) is 3.15. The van der Waals surface area contributed by atoms with Gasteiger partial charge < -0.3 is 15.0 Å². The van der Waals surface area contributed by atoms with Gasteiger partial charge in [-0.25, -0.2) is 0 Å². The van der Waals surface area contributed by atoms with Crippen molar-refractivity contribution in [2.45, 2.75) is 19.5 Å². The van der Waals surface area contributed by atoms with Crippen LogP contribution in [0.15, 0.2) is 22.7 Å². The van der Waals surface area contributed by atoms with E-state index in [1.54, 1.807) is 7.11 Å². The van der Waals surface area contributed by atoms with Gasteiger partial charge in [0.25, 0.3) is 0 Å². The Balaban J connectivity index is 2.81. The summed E-state index contributed by atoms with van der Waals surface area (Å²) in [7, 11) is 5.77. The van der Waals surface area contributed by atoms with Gasteiger partial charge in [0, 0.05) is 36.9 Å². The number of methoxy groups -OCH3 is 1. The smallest absolute Gasteiger partial charge is 0.0663 e. The first kappa shape index (κ1) is 14.5. The molecule has 4 heteroatoms. The number of anilines is 1. The highest BCUT2D eigenvalue weighted by atomic mass is 79.9. The van der Waals surface area contributed by atoms with Gasteiger partial charge in [0.1, 0.15) is 0 Å². The number of ether oxygens (including phenoxy) is 1. The second-order valence-electron chi connectivity index (χ2n) is 4.22. The molecule has 96 valence electrons. The van der Waals surface area contributed by atoms with Crippen LogP contribution in [0.1, 0.15) is 12.5 Å². The number of likely N-dealkylation sites (N-methyl/N-ethyl adjacent to an activating group) is 1. The average Bonchev–Trinajstić information content (AvgIpc) is 2.31. The molecule has 0 fully saturated rings. The number of nitrogens with one attached hydrogen (secondary N) is 1. The number of rotatable bonds is 6. The molecule has 1 aromatic rings. The zero-order valence-corrected chi connectivity index (χ0v) is 12.5. The maximum absolute atomic E-state index is 5.18. The van der Waals surface area contributed by atoms with E-state index in [0.717, 1.165) is 17.6 Å². The normalized spacial score (nSPS) is 12.5. The monoisotopic (exact) mass is 300 g/mol. The fourth-order valence-electron chi connectivity index (χ4n) is 1.70. The van der Waals surface area contributed by atoms with Crippen molar-refractivity contribution in [2.75, 3.05) is 32.7 Å². The molecule has 0 aliphatic rings. The maximum Gasteiger partial charge on any atom is 0.0663 e. The first-order valence-electron chi connectivity index (χ1n) is 5.75. The van der Waals surface area contributed by atoms with Crippen LogP contribution in [0.3, 0.4) is 0 Å². The van der Waals surface area contributed by atoms with Crippen LogP contribution in [0.2, 0.25) is 0 Å². The zero-order valence-electron chi connectivity index (χ0n) is 11.0. The van der Waals surface area contributed by atoms with Crippen LogP contribution >= 0.6 is 15.9 Å². The van der Waals surface area contributed by atoms with E-state index in [1.807, 2.05) is 7.05 Å². The van der Waals surface area contributed by atoms with Crippen LogP contribution in [0, 0.1) is 0 Å². The van der Waals surface area contributed by atoms with Gasteiger partial charge in [-0.1, -0.05) is 22.0 Å². The van der Waals surface area contributed by atoms with E-state index >= 15 is 0 Å². The number of nitrogens with zero attached hydrogens (tertiary/aromatic N) is 1. The maximum atomic E-state index is 5.18. The average molecular weight is 301 g/mol. The number of hydrogen-bond donors (Lipinski definition) is 1. The fourth-order valence-corrected chi connectivity index (χ4v) is 2.20. The Morgan fingerprint density at radius 2 is 2.18 bits per heavy atom. The molecule has 0 bridgehead atoms. The Hall–Kier alpha value is -0.580. The summed E-state index contributed by atoms with van der Waals surface area (Å²) in [5.41, 5.74) is 2.46. The van der Waals surface area contributed by atoms with Crippen molar-refractivity contribution >= 4 is 21.6 Å². The van der Waals surface area contributed by atoms with Crippen molar-refractivity contribution in [2.24, 2.45) is 0 Å². The van der Waals surface area contributed by atoms with E-state index < -0.39 is 0 Å². The molecule has 0 heterocycles. The molecule has 0 aliphatic carbocycles. The molecule has 1 unspecified atom stereocenters. The molecule has 0 aliphatic heterocycles. The van der Waals surface area contributed by atoms with Gasteiger partial charge in [-0.2, -0.15) is 0 Å². The molecule has 0 aromatic heterocycles. The third-order valence-electron chi connectivity index (χ3n) is 2.88. The first-order valence-corrected chi connectivity index (χ1v) is 6.54. The lowest BCUT2D eigenvalue weighted by Crippen LogP contribution is -2.32. The van der Waals surface area contributed by atoms with Crippen LogP contribution in [-0.4, -0.2) is 33.9 Å². The molecule has 1 aromatic carbocycles. The minimum Gasteiger partial charge on any atom is -0.383 e. The van der Waals surface area contributed by atoms with Crippen molar-refractivity contribution in [3.8, 4) is 0 Å². The molecule has 1 atom stereocenters. The quantitative estimate of drug-likeness (QED) is 0.874. The largest absolute Gasteiger partial charge is 0.383 e. The van der Waals surface area contributed by atoms with Gasteiger partial charge in [0.2, 0.25) is 0 Å².